The molecule has 2 aliphatic rings. The van der Waals surface area contributed by atoms with Crippen LogP contribution < -0.4 is 16.1 Å². The van der Waals surface area contributed by atoms with Crippen molar-refractivity contribution in [2.24, 2.45) is 11.3 Å². The number of carbonyl (C=O) groups is 4. The fourth-order valence-electron chi connectivity index (χ4n) is 5.98. The van der Waals surface area contributed by atoms with Crippen LogP contribution in [0.5, 0.6) is 0 Å². The molecular weight excluding hydrogens is 574 g/mol. The first-order valence-electron chi connectivity index (χ1n) is 16.0. The maximum atomic E-state index is 14.1. The van der Waals surface area contributed by atoms with Crippen LogP contribution >= 0.6 is 0 Å². The van der Waals surface area contributed by atoms with Gasteiger partial charge in [0, 0.05) is 17.6 Å². The minimum atomic E-state index is -1.04. The van der Waals surface area contributed by atoms with E-state index in [4.69, 9.17) is 4.98 Å². The number of carboxylic acids is 1. The summed E-state index contributed by atoms with van der Waals surface area (Å²) in [4.78, 5) is 56.7. The van der Waals surface area contributed by atoms with E-state index < -0.39 is 46.9 Å². The van der Waals surface area contributed by atoms with E-state index in [-0.39, 0.29) is 11.8 Å². The van der Waals surface area contributed by atoms with E-state index in [1.165, 1.54) is 5.01 Å². The summed E-state index contributed by atoms with van der Waals surface area (Å²) in [5.41, 5.74) is 3.66. The van der Waals surface area contributed by atoms with E-state index in [1.807, 2.05) is 56.3 Å². The normalized spacial score (nSPS) is 25.2. The van der Waals surface area contributed by atoms with Crippen molar-refractivity contribution in [2.45, 2.75) is 103 Å². The van der Waals surface area contributed by atoms with Crippen LogP contribution in [0.15, 0.2) is 36.4 Å². The quantitative estimate of drug-likeness (QED) is 0.270. The monoisotopic (exact) mass is 621 g/mol. The summed E-state index contributed by atoms with van der Waals surface area (Å²) in [6, 6.07) is 7.32. The number of amides is 3. The van der Waals surface area contributed by atoms with Crippen molar-refractivity contribution in [1.82, 2.24) is 26.1 Å². The molecule has 11 heteroatoms. The van der Waals surface area contributed by atoms with Gasteiger partial charge in [-0.3, -0.25) is 29.2 Å². The second-order valence-corrected chi connectivity index (χ2v) is 13.2. The molecule has 45 heavy (non-hydrogen) atoms. The molecule has 2 fully saturated rings. The molecule has 3 amide bonds. The van der Waals surface area contributed by atoms with E-state index in [9.17, 15) is 29.4 Å². The third-order valence-corrected chi connectivity index (χ3v) is 9.12. The van der Waals surface area contributed by atoms with Gasteiger partial charge in [-0.1, -0.05) is 51.1 Å². The average Bonchev–Trinajstić information content (AvgIpc) is 3.02. The highest BCUT2D eigenvalue weighted by atomic mass is 16.4. The Morgan fingerprint density at radius 3 is 2.42 bits per heavy atom. The van der Waals surface area contributed by atoms with Crippen LogP contribution in [-0.4, -0.2) is 74.2 Å². The fourth-order valence-corrected chi connectivity index (χ4v) is 5.98. The lowest BCUT2D eigenvalue weighted by molar-refractivity contribution is -0.148. The van der Waals surface area contributed by atoms with Crippen molar-refractivity contribution in [3.8, 4) is 0 Å². The molecule has 1 aliphatic carbocycles. The first kappa shape index (κ1) is 34.1. The van der Waals surface area contributed by atoms with Crippen molar-refractivity contribution in [1.29, 1.82) is 0 Å². The zero-order valence-corrected chi connectivity index (χ0v) is 26.9. The topological polar surface area (TPSA) is 161 Å². The third kappa shape index (κ3) is 8.26. The van der Waals surface area contributed by atoms with Crippen LogP contribution in [0, 0.1) is 11.3 Å². The lowest BCUT2D eigenvalue weighted by atomic mass is 9.68. The number of rotatable bonds is 10. The Balaban J connectivity index is 1.51. The molecular formula is C34H47N5O6. The number of aromatic nitrogens is 1. The van der Waals surface area contributed by atoms with Crippen LogP contribution in [0.4, 0.5) is 0 Å². The Labute approximate surface area is 264 Å². The largest absolute Gasteiger partial charge is 0.480 e. The summed E-state index contributed by atoms with van der Waals surface area (Å²) in [6.07, 6.45) is 7.23. The maximum Gasteiger partial charge on any atom is 0.322 e. The Morgan fingerprint density at radius 2 is 1.78 bits per heavy atom. The summed E-state index contributed by atoms with van der Waals surface area (Å²) in [7, 11) is 0. The standard InChI is InChI=1S/C34H47N5O6/c1-6-25-12-11-24-10-9-23(20-27(24)36-25)13-14-34(17-15-33(5,45)16-18-34)32(44)37-28(21(2)3)29(40)35-22(4)30(41)39-19-7-8-26(38-39)31(42)43/h9-14,20-22,26,28,38,45H,6-8,15-19H2,1-5H3,(H,35,40)(H,37,44)(H,42,43). The minimum Gasteiger partial charge on any atom is -0.480 e. The van der Waals surface area contributed by atoms with Crippen molar-refractivity contribution in [3.63, 3.8) is 0 Å². The number of carboxylic acid groups (broad SMARTS) is 1. The van der Waals surface area contributed by atoms with E-state index in [2.05, 4.69) is 23.0 Å². The van der Waals surface area contributed by atoms with Gasteiger partial charge in [0.05, 0.1) is 16.5 Å². The third-order valence-electron chi connectivity index (χ3n) is 9.12. The molecule has 0 radical (unpaired) electrons. The molecule has 1 aromatic carbocycles. The molecule has 1 saturated heterocycles. The Bertz CT molecular complexity index is 1440. The van der Waals surface area contributed by atoms with Gasteiger partial charge in [-0.2, -0.15) is 0 Å². The van der Waals surface area contributed by atoms with Crippen molar-refractivity contribution < 1.29 is 29.4 Å². The maximum absolute atomic E-state index is 14.1. The number of aryl methyl sites for hydroxylation is 1. The van der Waals surface area contributed by atoms with Gasteiger partial charge in [0.1, 0.15) is 18.1 Å². The van der Waals surface area contributed by atoms with Crippen LogP contribution in [0.1, 0.15) is 84.4 Å². The molecule has 2 heterocycles. The first-order valence-corrected chi connectivity index (χ1v) is 16.0. The predicted molar refractivity (Wildman–Crippen MR) is 172 cm³/mol. The van der Waals surface area contributed by atoms with Gasteiger partial charge in [-0.15, -0.1) is 0 Å². The van der Waals surface area contributed by atoms with Gasteiger partial charge in [-0.25, -0.2) is 5.43 Å². The SMILES string of the molecule is CCc1ccc2ccc(C=CC3(C(=O)NC(C(=O)NC(C)C(=O)N4CCCC(C(=O)O)N4)C(C)C)CCC(C)(O)CC3)cc2n1. The molecule has 1 aromatic heterocycles. The average molecular weight is 622 g/mol. The molecule has 1 saturated carbocycles. The Hall–Kier alpha value is -3.83. The highest BCUT2D eigenvalue weighted by Gasteiger charge is 2.44. The number of fused-ring (bicyclic) bond motifs is 1. The molecule has 11 nitrogen and oxygen atoms in total. The van der Waals surface area contributed by atoms with E-state index in [1.54, 1.807) is 13.8 Å². The van der Waals surface area contributed by atoms with Crippen LogP contribution in [0.2, 0.25) is 0 Å². The smallest absolute Gasteiger partial charge is 0.322 e. The second-order valence-electron chi connectivity index (χ2n) is 13.2. The number of aliphatic carboxylic acids is 1. The van der Waals surface area contributed by atoms with Gasteiger partial charge in [0.25, 0.3) is 5.91 Å². The van der Waals surface area contributed by atoms with Gasteiger partial charge >= 0.3 is 5.97 Å². The van der Waals surface area contributed by atoms with Crippen LogP contribution in [-0.2, 0) is 25.6 Å². The number of pyridine rings is 1. The zero-order chi connectivity index (χ0) is 32.9. The molecule has 1 aliphatic heterocycles. The molecule has 4 rings (SSSR count). The van der Waals surface area contributed by atoms with Gasteiger partial charge in [0.2, 0.25) is 11.8 Å². The number of benzene rings is 1. The molecule has 0 bridgehead atoms. The van der Waals surface area contributed by atoms with Crippen molar-refractivity contribution in [2.75, 3.05) is 6.54 Å². The highest BCUT2D eigenvalue weighted by molar-refractivity contribution is 5.94. The fraction of sp³-hybridized carbons (Fsp3) is 0.559. The zero-order valence-electron chi connectivity index (χ0n) is 26.9. The number of hydrazine groups is 1. The van der Waals surface area contributed by atoms with Crippen molar-refractivity contribution >= 4 is 40.7 Å². The lowest BCUT2D eigenvalue weighted by Crippen LogP contribution is -2.61. The molecule has 3 atom stereocenters. The van der Waals surface area contributed by atoms with Gasteiger partial charge < -0.3 is 20.8 Å². The minimum absolute atomic E-state index is 0.284. The molecule has 5 N–H and O–H groups in total. The van der Waals surface area contributed by atoms with E-state index in [0.29, 0.717) is 45.1 Å². The lowest BCUT2D eigenvalue weighted by Gasteiger charge is -2.41. The van der Waals surface area contributed by atoms with Crippen LogP contribution in [0.25, 0.3) is 17.0 Å². The Kier molecular flexibility index (Phi) is 10.7. The van der Waals surface area contributed by atoms with Crippen molar-refractivity contribution in [3.05, 3.63) is 47.7 Å². The second kappa shape index (κ2) is 14.1. The summed E-state index contributed by atoms with van der Waals surface area (Å²) in [5, 5.41) is 28.0. The number of hydrogen-bond acceptors (Lipinski definition) is 7. The number of nitrogens with one attached hydrogen (secondary N) is 3. The molecule has 2 aromatic rings. The summed E-state index contributed by atoms with van der Waals surface area (Å²) < 4.78 is 0. The molecule has 244 valence electrons. The number of carbonyl (C=O) groups excluding carboxylic acids is 3. The highest BCUT2D eigenvalue weighted by Crippen LogP contribution is 2.43. The molecule has 3 unspecified atom stereocenters. The number of nitrogens with zero attached hydrogens (tertiary/aromatic N) is 2. The van der Waals surface area contributed by atoms with Gasteiger partial charge in [-0.05, 0) is 82.4 Å². The molecule has 0 spiro atoms. The Morgan fingerprint density at radius 1 is 1.09 bits per heavy atom. The summed E-state index contributed by atoms with van der Waals surface area (Å²) in [5.74, 6) is -2.58. The number of hydrogen-bond donors (Lipinski definition) is 5. The number of aliphatic hydroxyl groups is 1. The van der Waals surface area contributed by atoms with Gasteiger partial charge in [0.15, 0.2) is 0 Å². The van der Waals surface area contributed by atoms with E-state index >= 15 is 0 Å². The summed E-state index contributed by atoms with van der Waals surface area (Å²) >= 11 is 0. The summed E-state index contributed by atoms with van der Waals surface area (Å²) in [6.45, 7) is 9.35. The van der Waals surface area contributed by atoms with E-state index in [0.717, 1.165) is 28.6 Å². The van der Waals surface area contributed by atoms with Crippen LogP contribution in [0.3, 0.4) is 0 Å². The first-order chi connectivity index (χ1) is 21.2. The predicted octanol–water partition coefficient (Wildman–Crippen LogP) is 3.35.